The predicted octanol–water partition coefficient (Wildman–Crippen LogP) is 3.16. The van der Waals surface area contributed by atoms with Crippen molar-refractivity contribution in [2.24, 2.45) is 4.99 Å². The van der Waals surface area contributed by atoms with Crippen molar-refractivity contribution in [1.82, 2.24) is 15.5 Å². The minimum absolute atomic E-state index is 0.0770. The lowest BCUT2D eigenvalue weighted by Gasteiger charge is -2.30. The van der Waals surface area contributed by atoms with Gasteiger partial charge in [0.05, 0.1) is 13.2 Å². The minimum atomic E-state index is -0.0770. The molecule has 3 rings (SSSR count). The van der Waals surface area contributed by atoms with Crippen LogP contribution in [0.4, 0.5) is 5.69 Å². The lowest BCUT2D eigenvalue weighted by molar-refractivity contribution is -0.114. The van der Waals surface area contributed by atoms with E-state index >= 15 is 0 Å². The molecule has 0 bridgehead atoms. The summed E-state index contributed by atoms with van der Waals surface area (Å²) >= 11 is 0. The van der Waals surface area contributed by atoms with E-state index in [0.29, 0.717) is 6.54 Å². The van der Waals surface area contributed by atoms with Gasteiger partial charge in [-0.05, 0) is 49.7 Å². The Morgan fingerprint density at radius 2 is 1.90 bits per heavy atom. The lowest BCUT2D eigenvalue weighted by atomic mass is 10.0. The highest BCUT2D eigenvalue weighted by Crippen LogP contribution is 2.31. The normalized spacial score (nSPS) is 15.4. The van der Waals surface area contributed by atoms with E-state index in [1.54, 1.807) is 14.2 Å². The van der Waals surface area contributed by atoms with Crippen molar-refractivity contribution >= 4 is 17.6 Å². The van der Waals surface area contributed by atoms with Crippen LogP contribution in [0.1, 0.15) is 36.9 Å². The molecule has 0 saturated carbocycles. The largest absolute Gasteiger partial charge is 0.496 e. The second kappa shape index (κ2) is 11.4. The molecule has 31 heavy (non-hydrogen) atoms. The average molecular weight is 424 g/mol. The number of nitrogens with one attached hydrogen (secondary N) is 3. The van der Waals surface area contributed by atoms with Crippen molar-refractivity contribution < 1.29 is 9.53 Å². The molecule has 1 fully saturated rings. The second-order valence-electron chi connectivity index (χ2n) is 7.69. The molecule has 0 aliphatic carbocycles. The van der Waals surface area contributed by atoms with Crippen molar-refractivity contribution in [1.29, 1.82) is 0 Å². The number of hydrogen-bond acceptors (Lipinski definition) is 4. The molecule has 7 heteroatoms. The number of rotatable bonds is 8. The number of para-hydroxylation sites is 1. The fraction of sp³-hybridized carbons (Fsp3) is 0.417. The number of amides is 1. The summed E-state index contributed by atoms with van der Waals surface area (Å²) in [7, 11) is 3.50. The molecule has 1 aliphatic heterocycles. The fourth-order valence-electron chi connectivity index (χ4n) is 3.99. The van der Waals surface area contributed by atoms with Crippen molar-refractivity contribution in [3.63, 3.8) is 0 Å². The first-order valence-corrected chi connectivity index (χ1v) is 10.8. The number of likely N-dealkylation sites (tertiary alicyclic amines) is 1. The molecule has 1 atom stereocenters. The second-order valence-corrected chi connectivity index (χ2v) is 7.69. The maximum atomic E-state index is 11.3. The maximum Gasteiger partial charge on any atom is 0.221 e. The van der Waals surface area contributed by atoms with Gasteiger partial charge in [0.2, 0.25) is 5.91 Å². The fourth-order valence-corrected chi connectivity index (χ4v) is 3.99. The number of carbonyl (C=O) groups excluding carboxylic acids is 1. The van der Waals surface area contributed by atoms with E-state index in [0.717, 1.165) is 42.6 Å². The van der Waals surface area contributed by atoms with Crippen LogP contribution in [0.2, 0.25) is 0 Å². The van der Waals surface area contributed by atoms with Crippen molar-refractivity contribution in [2.45, 2.75) is 32.4 Å². The van der Waals surface area contributed by atoms with Gasteiger partial charge in [0.25, 0.3) is 0 Å². The molecule has 1 amide bonds. The Hall–Kier alpha value is -3.06. The number of methoxy groups -OCH3 is 1. The third-order valence-electron chi connectivity index (χ3n) is 5.47. The van der Waals surface area contributed by atoms with E-state index in [2.05, 4.69) is 38.0 Å². The highest BCUT2D eigenvalue weighted by molar-refractivity contribution is 5.88. The van der Waals surface area contributed by atoms with E-state index in [1.807, 2.05) is 36.4 Å². The monoisotopic (exact) mass is 423 g/mol. The number of guanidine groups is 1. The molecule has 2 aromatic rings. The summed E-state index contributed by atoms with van der Waals surface area (Å²) in [6.45, 7) is 5.02. The van der Waals surface area contributed by atoms with E-state index in [-0.39, 0.29) is 11.9 Å². The van der Waals surface area contributed by atoms with Gasteiger partial charge in [0.15, 0.2) is 5.96 Å². The van der Waals surface area contributed by atoms with Crippen LogP contribution >= 0.6 is 0 Å². The van der Waals surface area contributed by atoms with Crippen LogP contribution in [0.25, 0.3) is 0 Å². The zero-order valence-corrected chi connectivity index (χ0v) is 18.6. The molecule has 1 heterocycles. The number of aliphatic imine (C=N–C) groups is 1. The Bertz CT molecular complexity index is 893. The van der Waals surface area contributed by atoms with Crippen molar-refractivity contribution in [3.05, 3.63) is 59.7 Å². The maximum absolute atomic E-state index is 11.3. The number of benzene rings is 2. The van der Waals surface area contributed by atoms with Gasteiger partial charge in [-0.25, -0.2) is 0 Å². The van der Waals surface area contributed by atoms with Crippen molar-refractivity contribution in [2.75, 3.05) is 39.1 Å². The number of carbonyl (C=O) groups is 1. The third kappa shape index (κ3) is 6.46. The highest BCUT2D eigenvalue weighted by atomic mass is 16.5. The molecule has 3 N–H and O–H groups in total. The quantitative estimate of drug-likeness (QED) is 0.449. The summed E-state index contributed by atoms with van der Waals surface area (Å²) in [6, 6.07) is 16.2. The van der Waals surface area contributed by atoms with E-state index in [4.69, 9.17) is 4.74 Å². The summed E-state index contributed by atoms with van der Waals surface area (Å²) < 4.78 is 5.63. The summed E-state index contributed by atoms with van der Waals surface area (Å²) in [4.78, 5) is 18.2. The number of anilines is 1. The summed E-state index contributed by atoms with van der Waals surface area (Å²) in [5.74, 6) is 1.58. The van der Waals surface area contributed by atoms with Gasteiger partial charge < -0.3 is 20.7 Å². The van der Waals surface area contributed by atoms with Gasteiger partial charge in [-0.3, -0.25) is 14.7 Å². The van der Waals surface area contributed by atoms with Crippen LogP contribution in [0, 0.1) is 0 Å². The van der Waals surface area contributed by atoms with E-state index in [9.17, 15) is 4.79 Å². The first kappa shape index (κ1) is 22.6. The molecule has 7 nitrogen and oxygen atoms in total. The SMILES string of the molecule is CN=C(NCc1cccc(NC(C)=O)c1)NCC(c1ccccc1OC)N1CCCC1. The van der Waals surface area contributed by atoms with Gasteiger partial charge in [0, 0.05) is 38.3 Å². The first-order chi connectivity index (χ1) is 15.1. The number of ether oxygens (including phenoxy) is 1. The topological polar surface area (TPSA) is 78.0 Å². The molecular formula is C24H33N5O2. The molecule has 1 saturated heterocycles. The zero-order chi connectivity index (χ0) is 22.1. The highest BCUT2D eigenvalue weighted by Gasteiger charge is 2.26. The Morgan fingerprint density at radius 3 is 2.61 bits per heavy atom. The minimum Gasteiger partial charge on any atom is -0.496 e. The van der Waals surface area contributed by atoms with Gasteiger partial charge in [-0.2, -0.15) is 0 Å². The smallest absolute Gasteiger partial charge is 0.221 e. The summed E-state index contributed by atoms with van der Waals surface area (Å²) in [5.41, 5.74) is 3.05. The van der Waals surface area contributed by atoms with Gasteiger partial charge >= 0.3 is 0 Å². The Morgan fingerprint density at radius 1 is 1.13 bits per heavy atom. The van der Waals surface area contributed by atoms with Crippen LogP contribution in [-0.4, -0.2) is 50.6 Å². The van der Waals surface area contributed by atoms with E-state index in [1.165, 1.54) is 25.3 Å². The van der Waals surface area contributed by atoms with Crippen molar-refractivity contribution in [3.8, 4) is 5.75 Å². The molecule has 0 radical (unpaired) electrons. The molecule has 0 aromatic heterocycles. The zero-order valence-electron chi connectivity index (χ0n) is 18.6. The molecule has 166 valence electrons. The Labute approximate surface area is 184 Å². The van der Waals surface area contributed by atoms with Crippen LogP contribution in [0.15, 0.2) is 53.5 Å². The molecule has 0 spiro atoms. The van der Waals surface area contributed by atoms with Gasteiger partial charge in [0.1, 0.15) is 5.75 Å². The van der Waals surface area contributed by atoms with Gasteiger partial charge in [-0.1, -0.05) is 30.3 Å². The van der Waals surface area contributed by atoms with Crippen LogP contribution in [0.5, 0.6) is 5.75 Å². The standard InChI is InChI=1S/C24H33N5O2/c1-18(30)28-20-10-8-9-19(15-20)16-26-24(25-2)27-17-22(29-13-6-7-14-29)21-11-4-5-12-23(21)31-3/h4-5,8-12,15,22H,6-7,13-14,16-17H2,1-3H3,(H,28,30)(H2,25,26,27). The number of hydrogen-bond donors (Lipinski definition) is 3. The summed E-state index contributed by atoms with van der Waals surface area (Å²) in [6.07, 6.45) is 2.45. The average Bonchev–Trinajstić information content (AvgIpc) is 3.30. The van der Waals surface area contributed by atoms with Crippen LogP contribution < -0.4 is 20.7 Å². The molecule has 2 aromatic carbocycles. The Kier molecular flexibility index (Phi) is 8.29. The van der Waals surface area contributed by atoms with E-state index < -0.39 is 0 Å². The lowest BCUT2D eigenvalue weighted by Crippen LogP contribution is -2.42. The first-order valence-electron chi connectivity index (χ1n) is 10.8. The van der Waals surface area contributed by atoms with Crippen LogP contribution in [-0.2, 0) is 11.3 Å². The predicted molar refractivity (Wildman–Crippen MR) is 125 cm³/mol. The van der Waals surface area contributed by atoms with Crippen LogP contribution in [0.3, 0.4) is 0 Å². The molecular weight excluding hydrogens is 390 g/mol. The molecule has 1 aliphatic rings. The summed E-state index contributed by atoms with van der Waals surface area (Å²) in [5, 5.41) is 9.67. The van der Waals surface area contributed by atoms with Gasteiger partial charge in [-0.15, -0.1) is 0 Å². The third-order valence-corrected chi connectivity index (χ3v) is 5.47. The number of nitrogens with zero attached hydrogens (tertiary/aromatic N) is 2. The molecule has 1 unspecified atom stereocenters. The Balaban J connectivity index is 1.64.